The molecule has 0 amide bonds. The van der Waals surface area contributed by atoms with Crippen molar-refractivity contribution in [3.05, 3.63) is 0 Å². The smallest absolute Gasteiger partial charge is 0.132 e. The first-order chi connectivity index (χ1) is 7.65. The van der Waals surface area contributed by atoms with Crippen molar-refractivity contribution in [1.82, 2.24) is 0 Å². The topological polar surface area (TPSA) is 29.4 Å². The Balaban J connectivity index is 2.46. The Morgan fingerprint density at radius 2 is 2.00 bits per heavy atom. The third kappa shape index (κ3) is 4.28. The average molecular weight is 241 g/mol. The van der Waals surface area contributed by atoms with E-state index in [-0.39, 0.29) is 0 Å². The minimum Gasteiger partial charge on any atom is -0.300 e. The van der Waals surface area contributed by atoms with Crippen LogP contribution in [0.1, 0.15) is 39.5 Å². The molecule has 0 heterocycles. The van der Waals surface area contributed by atoms with Crippen molar-refractivity contribution >= 4 is 23.3 Å². The number of thioether (sulfide) groups is 1. The Bertz CT molecular complexity index is 263. The lowest BCUT2D eigenvalue weighted by Gasteiger charge is -2.27. The van der Waals surface area contributed by atoms with Gasteiger partial charge in [0.05, 0.1) is 0 Å². The van der Waals surface area contributed by atoms with Gasteiger partial charge in [0.2, 0.25) is 0 Å². The molecule has 0 N–H and O–H groups in total. The summed E-state index contributed by atoms with van der Waals surface area (Å²) in [5.74, 6) is 2.32. The lowest BCUT2D eigenvalue weighted by Crippen LogP contribution is -2.25. The maximum Gasteiger partial charge on any atom is 0.132 e. The number of nitrogens with zero attached hydrogens (tertiary/aromatic N) is 1. The van der Waals surface area contributed by atoms with Crippen LogP contribution in [0.3, 0.4) is 0 Å². The van der Waals surface area contributed by atoms with E-state index < -0.39 is 0 Å². The molecule has 1 aliphatic carbocycles. The molecule has 3 heteroatoms. The van der Waals surface area contributed by atoms with Crippen LogP contribution in [0.25, 0.3) is 0 Å². The summed E-state index contributed by atoms with van der Waals surface area (Å²) in [6.45, 7) is 4.79. The monoisotopic (exact) mass is 241 g/mol. The lowest BCUT2D eigenvalue weighted by molar-refractivity contribution is -0.121. The molecule has 0 saturated heterocycles. The predicted molar refractivity (Wildman–Crippen MR) is 72.5 cm³/mol. The number of carbonyl (C=O) groups is 1. The van der Waals surface area contributed by atoms with Crippen LogP contribution in [-0.4, -0.2) is 30.0 Å². The molecule has 0 radical (unpaired) electrons. The minimum atomic E-state index is 0.296. The Morgan fingerprint density at radius 1 is 1.31 bits per heavy atom. The van der Waals surface area contributed by atoms with E-state index in [1.165, 1.54) is 18.6 Å². The van der Waals surface area contributed by atoms with Gasteiger partial charge in [-0.3, -0.25) is 9.79 Å². The normalized spacial score (nSPS) is 26.8. The van der Waals surface area contributed by atoms with Gasteiger partial charge in [0, 0.05) is 23.9 Å². The maximum absolute atomic E-state index is 11.4. The fourth-order valence-corrected chi connectivity index (χ4v) is 2.65. The third-order valence-electron chi connectivity index (χ3n) is 3.50. The van der Waals surface area contributed by atoms with Crippen molar-refractivity contribution in [2.24, 2.45) is 16.8 Å². The van der Waals surface area contributed by atoms with Crippen molar-refractivity contribution in [3.63, 3.8) is 0 Å². The van der Waals surface area contributed by atoms with E-state index in [9.17, 15) is 4.79 Å². The third-order valence-corrected chi connectivity index (χ3v) is 4.09. The molecule has 2 nitrogen and oxygen atoms in total. The van der Waals surface area contributed by atoms with E-state index >= 15 is 0 Å². The summed E-state index contributed by atoms with van der Waals surface area (Å²) in [4.78, 5) is 16.0. The van der Waals surface area contributed by atoms with Crippen molar-refractivity contribution in [1.29, 1.82) is 0 Å². The zero-order valence-corrected chi connectivity index (χ0v) is 11.5. The first-order valence-electron chi connectivity index (χ1n) is 6.15. The highest BCUT2D eigenvalue weighted by Crippen LogP contribution is 2.30. The molecular formula is C13H23NOS. The summed E-state index contributed by atoms with van der Waals surface area (Å²) in [5.41, 5.74) is 1.26. The van der Waals surface area contributed by atoms with Gasteiger partial charge in [0.25, 0.3) is 0 Å². The quantitative estimate of drug-likeness (QED) is 0.546. The van der Waals surface area contributed by atoms with E-state index in [4.69, 9.17) is 0 Å². The van der Waals surface area contributed by atoms with Gasteiger partial charge in [-0.25, -0.2) is 0 Å². The summed E-state index contributed by atoms with van der Waals surface area (Å²) in [6.07, 6.45) is 6.63. The molecule has 1 aliphatic rings. The van der Waals surface area contributed by atoms with Gasteiger partial charge in [-0.2, -0.15) is 11.8 Å². The maximum atomic E-state index is 11.4. The second-order valence-electron chi connectivity index (χ2n) is 4.69. The Morgan fingerprint density at radius 3 is 2.62 bits per heavy atom. The van der Waals surface area contributed by atoms with Crippen LogP contribution in [0.15, 0.2) is 4.99 Å². The fourth-order valence-electron chi connectivity index (χ4n) is 2.38. The summed E-state index contributed by atoms with van der Waals surface area (Å²) in [7, 11) is 0. The van der Waals surface area contributed by atoms with Gasteiger partial charge in [0.15, 0.2) is 0 Å². The molecule has 0 aromatic carbocycles. The van der Waals surface area contributed by atoms with E-state index in [1.807, 2.05) is 11.8 Å². The second-order valence-corrected chi connectivity index (χ2v) is 5.67. The molecule has 2 unspecified atom stereocenters. The molecule has 0 aliphatic heterocycles. The van der Waals surface area contributed by atoms with E-state index in [0.717, 1.165) is 25.1 Å². The van der Waals surface area contributed by atoms with Crippen LogP contribution in [0.4, 0.5) is 0 Å². The molecule has 0 aromatic rings. The van der Waals surface area contributed by atoms with Gasteiger partial charge < -0.3 is 0 Å². The molecule has 0 bridgehead atoms. The van der Waals surface area contributed by atoms with Crippen LogP contribution >= 0.6 is 11.8 Å². The highest BCUT2D eigenvalue weighted by molar-refractivity contribution is 7.98. The Hall–Kier alpha value is -0.310. The zero-order chi connectivity index (χ0) is 12.0. The second kappa shape index (κ2) is 7.10. The van der Waals surface area contributed by atoms with Crippen LogP contribution in [0.2, 0.25) is 0 Å². The zero-order valence-electron chi connectivity index (χ0n) is 10.7. The number of hydrogen-bond donors (Lipinski definition) is 0. The highest BCUT2D eigenvalue weighted by atomic mass is 32.2. The number of aliphatic imine (C=N–C) groups is 1. The van der Waals surface area contributed by atoms with Crippen molar-refractivity contribution < 1.29 is 4.79 Å². The number of hydrogen-bond acceptors (Lipinski definition) is 3. The largest absolute Gasteiger partial charge is 0.300 e. The summed E-state index contributed by atoms with van der Waals surface area (Å²) in [6, 6.07) is 0. The van der Waals surface area contributed by atoms with E-state index in [0.29, 0.717) is 17.6 Å². The molecule has 1 fully saturated rings. The van der Waals surface area contributed by atoms with Gasteiger partial charge in [0.1, 0.15) is 5.78 Å². The summed E-state index contributed by atoms with van der Waals surface area (Å²) >= 11 is 1.83. The first-order valence-corrected chi connectivity index (χ1v) is 7.55. The average Bonchev–Trinajstić information content (AvgIpc) is 2.29. The standard InChI is InChI=1S/C13H23NOS/c1-10(14-7-8-16-3)12-5-4-6-13(9-12)11(2)15/h12-13H,4-9H2,1-3H3. The van der Waals surface area contributed by atoms with Crippen molar-refractivity contribution in [3.8, 4) is 0 Å². The summed E-state index contributed by atoms with van der Waals surface area (Å²) in [5, 5.41) is 0. The van der Waals surface area contributed by atoms with Gasteiger partial charge in [-0.15, -0.1) is 0 Å². The molecule has 1 saturated carbocycles. The van der Waals surface area contributed by atoms with Crippen LogP contribution in [-0.2, 0) is 4.79 Å². The number of Topliss-reactive ketones (excluding diaryl/α,β-unsaturated/α-hetero) is 1. The van der Waals surface area contributed by atoms with Gasteiger partial charge >= 0.3 is 0 Å². The SMILES string of the molecule is CSCCN=C(C)C1CCCC(C(C)=O)C1. The molecule has 92 valence electrons. The van der Waals surface area contributed by atoms with Crippen molar-refractivity contribution in [2.45, 2.75) is 39.5 Å². The molecule has 1 rings (SSSR count). The lowest BCUT2D eigenvalue weighted by atomic mass is 9.78. The molecular weight excluding hydrogens is 218 g/mol. The minimum absolute atomic E-state index is 0.296. The fraction of sp³-hybridized carbons (Fsp3) is 0.846. The van der Waals surface area contributed by atoms with E-state index in [1.54, 1.807) is 6.92 Å². The van der Waals surface area contributed by atoms with Crippen LogP contribution in [0.5, 0.6) is 0 Å². The van der Waals surface area contributed by atoms with Gasteiger partial charge in [-0.05, 0) is 45.3 Å². The first kappa shape index (κ1) is 13.8. The molecule has 0 aromatic heterocycles. The Kier molecular flexibility index (Phi) is 6.10. The number of rotatable bonds is 5. The number of carbonyl (C=O) groups excluding carboxylic acids is 1. The van der Waals surface area contributed by atoms with Crippen LogP contribution < -0.4 is 0 Å². The van der Waals surface area contributed by atoms with E-state index in [2.05, 4.69) is 18.2 Å². The summed E-state index contributed by atoms with van der Waals surface area (Å²) < 4.78 is 0. The highest BCUT2D eigenvalue weighted by Gasteiger charge is 2.26. The predicted octanol–water partition coefficient (Wildman–Crippen LogP) is 3.21. The van der Waals surface area contributed by atoms with Crippen LogP contribution in [0, 0.1) is 11.8 Å². The molecule has 16 heavy (non-hydrogen) atoms. The number of ketones is 1. The Labute approximate surface area is 103 Å². The van der Waals surface area contributed by atoms with Crippen molar-refractivity contribution in [2.75, 3.05) is 18.6 Å². The molecule has 2 atom stereocenters. The van der Waals surface area contributed by atoms with Gasteiger partial charge in [-0.1, -0.05) is 6.42 Å². The molecule has 0 spiro atoms.